The minimum Gasteiger partial charge on any atom is -0.107 e. The van der Waals surface area contributed by atoms with Crippen LogP contribution in [-0.4, -0.2) is 58.2 Å². The van der Waals surface area contributed by atoms with Crippen LogP contribution >= 0.6 is 95.9 Å². The molecule has 1 radical (unpaired) electrons. The van der Waals surface area contributed by atoms with Crippen LogP contribution in [0.15, 0.2) is 0 Å². The normalized spacial score (nSPS) is 0. The van der Waals surface area contributed by atoms with Gasteiger partial charge in [0.05, 0.1) is 0 Å². The van der Waals surface area contributed by atoms with Gasteiger partial charge in [-0.15, -0.1) is 95.9 Å². The first-order valence-corrected chi connectivity index (χ1v) is 0. The third-order valence-electron chi connectivity index (χ3n) is 0. The van der Waals surface area contributed by atoms with Gasteiger partial charge >= 0.3 is 0 Å². The van der Waals surface area contributed by atoms with Crippen molar-refractivity contribution in [1.82, 2.24) is 0 Å². The van der Waals surface area contributed by atoms with Crippen molar-refractivity contribution < 1.29 is 27.7 Å². The van der Waals surface area contributed by atoms with Crippen LogP contribution in [0.5, 0.6) is 0 Å². The molecule has 6 heteroatoms. The van der Waals surface area contributed by atoms with Gasteiger partial charge in [-0.05, 0) is 0 Å². The minimum absolute atomic E-state index is 0. The summed E-state index contributed by atoms with van der Waals surface area (Å²) >= 11 is 0. The van der Waals surface area contributed by atoms with E-state index >= 15 is 0 Å². The molecule has 0 aliphatic carbocycles. The molecule has 0 spiro atoms. The second-order valence-electron chi connectivity index (χ2n) is 0. The Balaban J connectivity index is 0. The third-order valence-corrected chi connectivity index (χ3v) is 0. The third kappa shape index (κ3) is 22.6. The van der Waals surface area contributed by atoms with E-state index in [-0.39, 0.29) is 182 Å². The van der Waals surface area contributed by atoms with Crippen molar-refractivity contribution in [2.75, 3.05) is 0 Å². The van der Waals surface area contributed by atoms with Gasteiger partial charge in [0.1, 0.15) is 0 Å². The summed E-state index contributed by atoms with van der Waals surface area (Å²) in [5.74, 6) is 0. The van der Waals surface area contributed by atoms with Gasteiger partial charge in [0, 0.05) is 85.9 Å². The van der Waals surface area contributed by atoms with Crippen molar-refractivity contribution in [2.24, 2.45) is 0 Å². The van der Waals surface area contributed by atoms with Gasteiger partial charge in [-0.1, -0.05) is 0 Å². The predicted octanol–water partition coefficient (Wildman–Crippen LogP) is 2.09. The fourth-order valence-electron chi connectivity index (χ4n) is 0. The van der Waals surface area contributed by atoms with Gasteiger partial charge in [0.25, 0.3) is 0 Å². The molecular formula is H4HgI4Rb. The zero-order chi connectivity index (χ0) is 0. The first kappa shape index (κ1) is 41.4. The fraction of sp³-hybridized carbons (Fsp3) is 0. The molecule has 0 aliphatic rings. The topological polar surface area (TPSA) is 0 Å². The summed E-state index contributed by atoms with van der Waals surface area (Å²) < 4.78 is 0. The molecule has 6 heavy (non-hydrogen) atoms. The smallest absolute Gasteiger partial charge is 0 e. The second kappa shape index (κ2) is 31.1. The maximum absolute atomic E-state index is 0. The predicted molar refractivity (Wildman–Crippen MR) is 67.4 cm³/mol. The van der Waals surface area contributed by atoms with E-state index in [9.17, 15) is 0 Å². The van der Waals surface area contributed by atoms with Crippen LogP contribution in [0, 0.1) is 0 Å². The Morgan fingerprint density at radius 2 is 0.500 bits per heavy atom. The molecule has 0 nitrogen and oxygen atoms in total. The molecule has 0 heterocycles. The van der Waals surface area contributed by atoms with Crippen LogP contribution in [0.1, 0.15) is 0 Å². The van der Waals surface area contributed by atoms with Gasteiger partial charge in [-0.2, -0.15) is 0 Å². The van der Waals surface area contributed by atoms with Crippen LogP contribution < -0.4 is 0 Å². The Kier molecular flexibility index (Phi) is 214. The summed E-state index contributed by atoms with van der Waals surface area (Å²) in [7, 11) is 0. The largest absolute Gasteiger partial charge is 0.107 e. The molecule has 0 amide bonds. The van der Waals surface area contributed by atoms with Gasteiger partial charge in [0.15, 0.2) is 0 Å². The zero-order valence-corrected chi connectivity index (χ0v) is 23.1. The van der Waals surface area contributed by atoms with E-state index in [1.807, 2.05) is 0 Å². The maximum Gasteiger partial charge on any atom is 0 e. The zero-order valence-electron chi connectivity index (χ0n) is 3.34. The molecule has 0 N–H and O–H groups in total. The van der Waals surface area contributed by atoms with Crippen molar-refractivity contribution in [3.8, 4) is 0 Å². The summed E-state index contributed by atoms with van der Waals surface area (Å²) in [5.41, 5.74) is 0. The van der Waals surface area contributed by atoms with Crippen LogP contribution in [0.3, 0.4) is 0 Å². The first-order chi connectivity index (χ1) is 0. The Hall–Kier alpha value is 5.66. The summed E-state index contributed by atoms with van der Waals surface area (Å²) in [6.45, 7) is 0. The van der Waals surface area contributed by atoms with Gasteiger partial charge in [-0.3, -0.25) is 0 Å². The monoisotopic (exact) mass is 799 g/mol. The van der Waals surface area contributed by atoms with Crippen LogP contribution in [0.2, 0.25) is 0 Å². The van der Waals surface area contributed by atoms with Gasteiger partial charge in [-0.25, -0.2) is 0 Å². The fourth-order valence-corrected chi connectivity index (χ4v) is 0. The molecule has 0 atom stereocenters. The minimum atomic E-state index is 0. The Morgan fingerprint density at radius 1 is 0.500 bits per heavy atom. The van der Waals surface area contributed by atoms with E-state index in [0.29, 0.717) is 0 Å². The van der Waals surface area contributed by atoms with Crippen LogP contribution in [-0.2, 0) is 27.7 Å². The molecule has 0 saturated carbocycles. The van der Waals surface area contributed by atoms with E-state index in [4.69, 9.17) is 0 Å². The number of rotatable bonds is 0. The van der Waals surface area contributed by atoms with E-state index in [1.54, 1.807) is 0 Å². The van der Waals surface area contributed by atoms with Crippen LogP contribution in [0.4, 0.5) is 0 Å². The average molecular weight is 798 g/mol. The van der Waals surface area contributed by atoms with Crippen molar-refractivity contribution in [3.63, 3.8) is 0 Å². The molecule has 0 rings (SSSR count). The number of hydrogen-bond acceptors (Lipinski definition) is 0. The molecular weight excluding hydrogens is 794 g/mol. The molecule has 0 unspecified atom stereocenters. The molecule has 0 aliphatic heterocycles. The van der Waals surface area contributed by atoms with E-state index in [0.717, 1.165) is 0 Å². The van der Waals surface area contributed by atoms with Crippen molar-refractivity contribution in [3.05, 3.63) is 0 Å². The SMILES string of the molecule is I.I.I.I.[Hg].[Rb]. The second-order valence-corrected chi connectivity index (χ2v) is 0. The molecule has 0 saturated heterocycles. The molecule has 0 aromatic heterocycles. The molecule has 0 aromatic carbocycles. The van der Waals surface area contributed by atoms with E-state index < -0.39 is 0 Å². The van der Waals surface area contributed by atoms with E-state index in [2.05, 4.69) is 0 Å². The van der Waals surface area contributed by atoms with Crippen LogP contribution in [0.25, 0.3) is 0 Å². The van der Waals surface area contributed by atoms with Gasteiger partial charge in [0.2, 0.25) is 0 Å². The summed E-state index contributed by atoms with van der Waals surface area (Å²) in [6, 6.07) is 0. The number of halogens is 4. The molecule has 0 fully saturated rings. The molecule has 0 aromatic rings. The number of hydrogen-bond donors (Lipinski definition) is 0. The first-order valence-electron chi connectivity index (χ1n) is 0. The Bertz CT molecular complexity index is 7.51. The maximum atomic E-state index is 0. The summed E-state index contributed by atoms with van der Waals surface area (Å²) in [6.07, 6.45) is 0. The molecule has 0 bridgehead atoms. The van der Waals surface area contributed by atoms with E-state index in [1.165, 1.54) is 0 Å². The Morgan fingerprint density at radius 3 is 0.500 bits per heavy atom. The van der Waals surface area contributed by atoms with Crippen molar-refractivity contribution >= 4 is 154 Å². The summed E-state index contributed by atoms with van der Waals surface area (Å²) in [5, 5.41) is 0. The van der Waals surface area contributed by atoms with Gasteiger partial charge < -0.3 is 0 Å². The Labute approximate surface area is 176 Å². The van der Waals surface area contributed by atoms with Crippen molar-refractivity contribution in [2.45, 2.75) is 0 Å². The molecule has 35 valence electrons. The standard InChI is InChI=1S/Hg.4HI.Rb/h;4*1H;. The summed E-state index contributed by atoms with van der Waals surface area (Å²) in [4.78, 5) is 0. The average Bonchev–Trinajstić information content (AvgIpc) is 0. The quantitative estimate of drug-likeness (QED) is 0.261. The van der Waals surface area contributed by atoms with Crippen molar-refractivity contribution in [1.29, 1.82) is 0 Å².